The molecule has 0 radical (unpaired) electrons. The normalized spacial score (nSPS) is 16.8. The highest BCUT2D eigenvalue weighted by molar-refractivity contribution is 14.1. The standard InChI is InChI=1S/C17H19IN2O3.ClH/c1-2-23-17(22)14-10-20(9-11-5-6-19-8-11)15-4-3-12(18)7-13(15)16(14)21;/h3-4,7,10-11,19H,2,5-6,8-9H2,1H3;1H/t11-;/m0./s1. The predicted molar refractivity (Wildman–Crippen MR) is 105 cm³/mol. The summed E-state index contributed by atoms with van der Waals surface area (Å²) in [4.78, 5) is 24.8. The molecule has 3 rings (SSSR count). The average molecular weight is 463 g/mol. The quantitative estimate of drug-likeness (QED) is 0.561. The average Bonchev–Trinajstić information content (AvgIpc) is 3.03. The van der Waals surface area contributed by atoms with Crippen molar-refractivity contribution in [3.05, 3.63) is 43.8 Å². The van der Waals surface area contributed by atoms with Gasteiger partial charge in [-0.25, -0.2) is 4.79 Å². The summed E-state index contributed by atoms with van der Waals surface area (Å²) < 4.78 is 8.05. The van der Waals surface area contributed by atoms with Crippen LogP contribution in [-0.4, -0.2) is 30.2 Å². The summed E-state index contributed by atoms with van der Waals surface area (Å²) in [5.74, 6) is -0.0356. The molecule has 1 aromatic heterocycles. The minimum atomic E-state index is -0.545. The van der Waals surface area contributed by atoms with Gasteiger partial charge in [-0.3, -0.25) is 4.79 Å². The molecule has 0 bridgehead atoms. The van der Waals surface area contributed by atoms with Crippen molar-refractivity contribution in [1.29, 1.82) is 0 Å². The summed E-state index contributed by atoms with van der Waals surface area (Å²) in [6.07, 6.45) is 2.76. The highest BCUT2D eigenvalue weighted by atomic mass is 127. The molecule has 1 fully saturated rings. The second-order valence-electron chi connectivity index (χ2n) is 5.77. The first kappa shape index (κ1) is 19.2. The van der Waals surface area contributed by atoms with Gasteiger partial charge < -0.3 is 14.6 Å². The van der Waals surface area contributed by atoms with Gasteiger partial charge in [0.25, 0.3) is 0 Å². The monoisotopic (exact) mass is 462 g/mol. The highest BCUT2D eigenvalue weighted by Gasteiger charge is 2.20. The summed E-state index contributed by atoms with van der Waals surface area (Å²) in [6, 6.07) is 5.77. The fourth-order valence-electron chi connectivity index (χ4n) is 3.02. The molecule has 5 nitrogen and oxygen atoms in total. The van der Waals surface area contributed by atoms with E-state index in [0.717, 1.165) is 35.1 Å². The maximum Gasteiger partial charge on any atom is 0.343 e. The second kappa shape index (κ2) is 8.31. The fourth-order valence-corrected chi connectivity index (χ4v) is 3.51. The largest absolute Gasteiger partial charge is 0.462 e. The highest BCUT2D eigenvalue weighted by Crippen LogP contribution is 2.19. The number of rotatable bonds is 4. The first-order chi connectivity index (χ1) is 11.1. The van der Waals surface area contributed by atoms with Crippen molar-refractivity contribution in [3.8, 4) is 0 Å². The SMILES string of the molecule is CCOC(=O)c1cn(C[C@H]2CCNC2)c2ccc(I)cc2c1=O.Cl. The van der Waals surface area contributed by atoms with E-state index in [2.05, 4.69) is 27.9 Å². The van der Waals surface area contributed by atoms with Gasteiger partial charge >= 0.3 is 5.97 Å². The number of carbonyl (C=O) groups excluding carboxylic acids is 1. The Morgan fingerprint density at radius 1 is 1.46 bits per heavy atom. The topological polar surface area (TPSA) is 60.3 Å². The van der Waals surface area contributed by atoms with Crippen molar-refractivity contribution in [3.63, 3.8) is 0 Å². The number of nitrogens with zero attached hydrogens (tertiary/aromatic N) is 1. The van der Waals surface area contributed by atoms with E-state index < -0.39 is 5.97 Å². The van der Waals surface area contributed by atoms with Gasteiger partial charge in [0.15, 0.2) is 0 Å². The van der Waals surface area contributed by atoms with Crippen LogP contribution in [0.5, 0.6) is 0 Å². The maximum absolute atomic E-state index is 12.7. The lowest BCUT2D eigenvalue weighted by atomic mass is 10.1. The van der Waals surface area contributed by atoms with E-state index in [-0.39, 0.29) is 30.0 Å². The summed E-state index contributed by atoms with van der Waals surface area (Å²) in [7, 11) is 0. The molecule has 0 aliphatic carbocycles. The van der Waals surface area contributed by atoms with Gasteiger partial charge in [0.05, 0.1) is 12.1 Å². The molecule has 1 saturated heterocycles. The van der Waals surface area contributed by atoms with E-state index in [9.17, 15) is 9.59 Å². The molecule has 2 heterocycles. The number of aromatic nitrogens is 1. The maximum atomic E-state index is 12.7. The molecule has 1 aromatic carbocycles. The third-order valence-corrected chi connectivity index (χ3v) is 4.83. The Bertz CT molecular complexity index is 800. The van der Waals surface area contributed by atoms with Crippen LogP contribution in [0.4, 0.5) is 0 Å². The Morgan fingerprint density at radius 3 is 2.92 bits per heavy atom. The number of halogens is 2. The first-order valence-electron chi connectivity index (χ1n) is 7.80. The molecule has 1 atom stereocenters. The van der Waals surface area contributed by atoms with Gasteiger partial charge in [-0.2, -0.15) is 0 Å². The number of nitrogens with one attached hydrogen (secondary N) is 1. The van der Waals surface area contributed by atoms with Gasteiger partial charge in [0.2, 0.25) is 5.43 Å². The number of hydrogen-bond donors (Lipinski definition) is 1. The van der Waals surface area contributed by atoms with Gasteiger partial charge in [-0.1, -0.05) is 0 Å². The number of pyridine rings is 1. The summed E-state index contributed by atoms with van der Waals surface area (Å²) in [5.41, 5.74) is 0.737. The zero-order valence-electron chi connectivity index (χ0n) is 13.4. The minimum absolute atomic E-state index is 0. The minimum Gasteiger partial charge on any atom is -0.462 e. The van der Waals surface area contributed by atoms with Crippen molar-refractivity contribution >= 4 is 51.9 Å². The van der Waals surface area contributed by atoms with E-state index in [4.69, 9.17) is 4.74 Å². The van der Waals surface area contributed by atoms with Crippen LogP contribution in [0.2, 0.25) is 0 Å². The predicted octanol–water partition coefficient (Wildman–Crippen LogP) is 2.81. The Kier molecular flexibility index (Phi) is 6.65. The molecule has 0 saturated carbocycles. The molecule has 1 aliphatic heterocycles. The molecule has 24 heavy (non-hydrogen) atoms. The number of fused-ring (bicyclic) bond motifs is 1. The summed E-state index contributed by atoms with van der Waals surface area (Å²) in [6.45, 7) is 4.77. The van der Waals surface area contributed by atoms with Crippen molar-refractivity contribution in [1.82, 2.24) is 9.88 Å². The summed E-state index contributed by atoms with van der Waals surface area (Å²) >= 11 is 2.18. The second-order valence-corrected chi connectivity index (χ2v) is 7.01. The Morgan fingerprint density at radius 2 is 2.25 bits per heavy atom. The zero-order valence-corrected chi connectivity index (χ0v) is 16.4. The number of hydrogen-bond acceptors (Lipinski definition) is 4. The lowest BCUT2D eigenvalue weighted by Gasteiger charge is -2.16. The first-order valence-corrected chi connectivity index (χ1v) is 8.88. The molecule has 1 aliphatic rings. The van der Waals surface area contributed by atoms with Crippen LogP contribution in [0, 0.1) is 9.49 Å². The lowest BCUT2D eigenvalue weighted by molar-refractivity contribution is 0.0524. The third-order valence-electron chi connectivity index (χ3n) is 4.15. The van der Waals surface area contributed by atoms with Crippen molar-refractivity contribution in [2.24, 2.45) is 5.92 Å². The Labute approximate surface area is 160 Å². The zero-order chi connectivity index (χ0) is 16.4. The molecule has 0 unspecified atom stereocenters. The number of carbonyl (C=O) groups is 1. The van der Waals surface area contributed by atoms with E-state index in [1.54, 1.807) is 13.1 Å². The van der Waals surface area contributed by atoms with Gasteiger partial charge in [-0.15, -0.1) is 12.4 Å². The van der Waals surface area contributed by atoms with Gasteiger partial charge in [0.1, 0.15) is 5.56 Å². The van der Waals surface area contributed by atoms with E-state index in [1.165, 1.54) is 0 Å². The van der Waals surface area contributed by atoms with Crippen molar-refractivity contribution < 1.29 is 9.53 Å². The Balaban J connectivity index is 0.00000208. The van der Waals surface area contributed by atoms with Gasteiger partial charge in [0, 0.05) is 21.7 Å². The molecule has 1 N–H and O–H groups in total. The van der Waals surface area contributed by atoms with Crippen LogP contribution in [0.1, 0.15) is 23.7 Å². The van der Waals surface area contributed by atoms with Crippen LogP contribution in [0.25, 0.3) is 10.9 Å². The molecular formula is C17H20ClIN2O3. The van der Waals surface area contributed by atoms with Crippen LogP contribution >= 0.6 is 35.0 Å². The number of benzene rings is 1. The Hall–Kier alpha value is -1.12. The number of ether oxygens (including phenoxy) is 1. The molecule has 2 aromatic rings. The lowest BCUT2D eigenvalue weighted by Crippen LogP contribution is -2.23. The third kappa shape index (κ3) is 3.92. The molecule has 0 amide bonds. The van der Waals surface area contributed by atoms with Crippen LogP contribution in [-0.2, 0) is 11.3 Å². The van der Waals surface area contributed by atoms with Crippen LogP contribution in [0.15, 0.2) is 29.2 Å². The van der Waals surface area contributed by atoms with E-state index >= 15 is 0 Å². The smallest absolute Gasteiger partial charge is 0.343 e. The van der Waals surface area contributed by atoms with Crippen molar-refractivity contribution in [2.75, 3.05) is 19.7 Å². The van der Waals surface area contributed by atoms with Crippen molar-refractivity contribution in [2.45, 2.75) is 19.9 Å². The molecule has 130 valence electrons. The van der Waals surface area contributed by atoms with Crippen LogP contribution in [0.3, 0.4) is 0 Å². The van der Waals surface area contributed by atoms with Crippen LogP contribution < -0.4 is 10.7 Å². The molecule has 7 heteroatoms. The summed E-state index contributed by atoms with van der Waals surface area (Å²) in [5, 5.41) is 3.93. The number of esters is 1. The molecular weight excluding hydrogens is 443 g/mol. The van der Waals surface area contributed by atoms with E-state index in [0.29, 0.717) is 11.3 Å². The van der Waals surface area contributed by atoms with Gasteiger partial charge in [-0.05, 0) is 73.1 Å². The fraction of sp³-hybridized carbons (Fsp3) is 0.412. The van der Waals surface area contributed by atoms with E-state index in [1.807, 2.05) is 22.8 Å². The molecule has 0 spiro atoms.